The molecule has 0 radical (unpaired) electrons. The summed E-state index contributed by atoms with van der Waals surface area (Å²) in [6, 6.07) is 0. The lowest BCUT2D eigenvalue weighted by atomic mass is 10.1. The molecular formula is C17H27NO6. The van der Waals surface area contributed by atoms with Crippen molar-refractivity contribution in [3.8, 4) is 0 Å². The Morgan fingerprint density at radius 3 is 2.42 bits per heavy atom. The van der Waals surface area contributed by atoms with Gasteiger partial charge in [-0.05, 0) is 34.1 Å². The highest BCUT2D eigenvalue weighted by molar-refractivity contribution is 5.81. The number of carbonyl (C=O) groups excluding carboxylic acids is 3. The molecule has 2 unspecified atom stereocenters. The first-order valence-corrected chi connectivity index (χ1v) is 8.18. The lowest BCUT2D eigenvalue weighted by Crippen LogP contribution is -2.35. The number of hydrogen-bond donors (Lipinski definition) is 0. The van der Waals surface area contributed by atoms with E-state index in [0.29, 0.717) is 6.42 Å². The smallest absolute Gasteiger partial charge is 0.414 e. The molecule has 136 valence electrons. The van der Waals surface area contributed by atoms with E-state index in [1.165, 1.54) is 11.1 Å². The monoisotopic (exact) mass is 341 g/mol. The van der Waals surface area contributed by atoms with Gasteiger partial charge in [-0.25, -0.2) is 4.79 Å². The Kier molecular flexibility index (Phi) is 6.81. The summed E-state index contributed by atoms with van der Waals surface area (Å²) in [6.07, 6.45) is 1.36. The van der Waals surface area contributed by atoms with Gasteiger partial charge in [0.1, 0.15) is 17.3 Å². The highest BCUT2D eigenvalue weighted by Gasteiger charge is 2.38. The van der Waals surface area contributed by atoms with Crippen LogP contribution in [-0.2, 0) is 23.8 Å². The third kappa shape index (κ3) is 5.54. The predicted molar refractivity (Wildman–Crippen MR) is 86.7 cm³/mol. The van der Waals surface area contributed by atoms with E-state index in [4.69, 9.17) is 14.2 Å². The first-order chi connectivity index (χ1) is 11.1. The average molecular weight is 341 g/mol. The van der Waals surface area contributed by atoms with Crippen molar-refractivity contribution in [3.05, 3.63) is 12.0 Å². The summed E-state index contributed by atoms with van der Waals surface area (Å²) >= 11 is 0. The first-order valence-electron chi connectivity index (χ1n) is 8.18. The van der Waals surface area contributed by atoms with Gasteiger partial charge in [0.2, 0.25) is 0 Å². The van der Waals surface area contributed by atoms with Crippen molar-refractivity contribution in [3.63, 3.8) is 0 Å². The molecule has 1 amide bonds. The number of carbonyl (C=O) groups is 3. The molecule has 0 saturated heterocycles. The zero-order chi connectivity index (χ0) is 18.5. The van der Waals surface area contributed by atoms with Gasteiger partial charge in [-0.2, -0.15) is 0 Å². The summed E-state index contributed by atoms with van der Waals surface area (Å²) in [7, 11) is 0. The van der Waals surface area contributed by atoms with Crippen LogP contribution in [0, 0.1) is 11.8 Å². The zero-order valence-electron chi connectivity index (χ0n) is 15.3. The maximum absolute atomic E-state index is 12.2. The van der Waals surface area contributed by atoms with Crippen LogP contribution in [0.3, 0.4) is 0 Å². The van der Waals surface area contributed by atoms with Gasteiger partial charge in [-0.3, -0.25) is 14.5 Å². The molecule has 2 atom stereocenters. The second-order valence-corrected chi connectivity index (χ2v) is 6.70. The van der Waals surface area contributed by atoms with Crippen LogP contribution in [0.25, 0.3) is 0 Å². The molecule has 0 aromatic heterocycles. The summed E-state index contributed by atoms with van der Waals surface area (Å²) in [6.45, 7) is 10.8. The Hall–Kier alpha value is -2.05. The van der Waals surface area contributed by atoms with Crippen molar-refractivity contribution < 1.29 is 28.6 Å². The molecule has 0 bridgehead atoms. The van der Waals surface area contributed by atoms with Gasteiger partial charge < -0.3 is 14.2 Å². The molecule has 0 fully saturated rings. The summed E-state index contributed by atoms with van der Waals surface area (Å²) < 4.78 is 15.6. The van der Waals surface area contributed by atoms with Crippen LogP contribution in [0.4, 0.5) is 4.79 Å². The molecule has 0 N–H and O–H groups in total. The van der Waals surface area contributed by atoms with E-state index in [0.717, 1.165) is 0 Å². The van der Waals surface area contributed by atoms with Gasteiger partial charge in [-0.15, -0.1) is 0 Å². The number of ether oxygens (including phenoxy) is 3. The molecular weight excluding hydrogens is 314 g/mol. The lowest BCUT2D eigenvalue weighted by molar-refractivity contribution is -0.150. The SMILES string of the molecule is CCOC(=O)C1CN(C(=O)OC(C)(C)C)C=C1OC(=O)C(C)CC. The molecule has 1 heterocycles. The van der Waals surface area contributed by atoms with E-state index in [1.54, 1.807) is 34.6 Å². The fourth-order valence-electron chi connectivity index (χ4n) is 1.95. The maximum atomic E-state index is 12.2. The number of amides is 1. The number of hydrogen-bond acceptors (Lipinski definition) is 6. The quantitative estimate of drug-likeness (QED) is 0.565. The van der Waals surface area contributed by atoms with Gasteiger partial charge in [0.15, 0.2) is 0 Å². The van der Waals surface area contributed by atoms with Crippen molar-refractivity contribution in [1.82, 2.24) is 4.90 Å². The van der Waals surface area contributed by atoms with Crippen LogP contribution in [0.1, 0.15) is 48.0 Å². The van der Waals surface area contributed by atoms with Crippen LogP contribution in [0.5, 0.6) is 0 Å². The molecule has 1 aliphatic rings. The van der Waals surface area contributed by atoms with Gasteiger partial charge >= 0.3 is 18.0 Å². The van der Waals surface area contributed by atoms with Crippen molar-refractivity contribution in [2.45, 2.75) is 53.6 Å². The highest BCUT2D eigenvalue weighted by Crippen LogP contribution is 2.27. The Balaban J connectivity index is 2.93. The summed E-state index contributed by atoms with van der Waals surface area (Å²) in [5, 5.41) is 0. The minimum Gasteiger partial charge on any atom is -0.465 e. The standard InChI is InChI=1S/C17H27NO6/c1-7-11(3)14(19)23-13-10-18(16(21)24-17(4,5)6)9-12(13)15(20)22-8-2/h10-12H,7-9H2,1-6H3. The Morgan fingerprint density at radius 2 is 1.92 bits per heavy atom. The van der Waals surface area contributed by atoms with E-state index in [9.17, 15) is 14.4 Å². The van der Waals surface area contributed by atoms with Crippen molar-refractivity contribution in [1.29, 1.82) is 0 Å². The molecule has 7 heteroatoms. The topological polar surface area (TPSA) is 82.1 Å². The third-order valence-electron chi connectivity index (χ3n) is 3.44. The van der Waals surface area contributed by atoms with E-state index >= 15 is 0 Å². The van der Waals surface area contributed by atoms with Crippen LogP contribution in [0.15, 0.2) is 12.0 Å². The van der Waals surface area contributed by atoms with E-state index in [-0.39, 0.29) is 24.8 Å². The highest BCUT2D eigenvalue weighted by atomic mass is 16.6. The third-order valence-corrected chi connectivity index (χ3v) is 3.44. The molecule has 0 spiro atoms. The normalized spacial score (nSPS) is 18.7. The Morgan fingerprint density at radius 1 is 1.29 bits per heavy atom. The largest absolute Gasteiger partial charge is 0.465 e. The van der Waals surface area contributed by atoms with Crippen molar-refractivity contribution in [2.24, 2.45) is 11.8 Å². The summed E-state index contributed by atoms with van der Waals surface area (Å²) in [4.78, 5) is 37.5. The molecule has 1 rings (SSSR count). The molecule has 0 aromatic carbocycles. The lowest BCUT2D eigenvalue weighted by Gasteiger charge is -2.23. The Labute approximate surface area is 142 Å². The predicted octanol–water partition coefficient (Wildman–Crippen LogP) is 2.85. The molecule has 1 aliphatic heterocycles. The van der Waals surface area contributed by atoms with Crippen LogP contribution >= 0.6 is 0 Å². The number of nitrogens with zero attached hydrogens (tertiary/aromatic N) is 1. The first kappa shape index (κ1) is 20.0. The molecule has 0 saturated carbocycles. The second kappa shape index (κ2) is 8.17. The van der Waals surface area contributed by atoms with Crippen molar-refractivity contribution in [2.75, 3.05) is 13.2 Å². The van der Waals surface area contributed by atoms with Gasteiger partial charge in [0.25, 0.3) is 0 Å². The fraction of sp³-hybridized carbons (Fsp3) is 0.706. The van der Waals surface area contributed by atoms with E-state index in [2.05, 4.69) is 0 Å². The second-order valence-electron chi connectivity index (χ2n) is 6.70. The van der Waals surface area contributed by atoms with Gasteiger partial charge in [0.05, 0.1) is 12.5 Å². The average Bonchev–Trinajstić information content (AvgIpc) is 2.89. The number of rotatable bonds is 5. The summed E-state index contributed by atoms with van der Waals surface area (Å²) in [5.74, 6) is -1.99. The zero-order valence-corrected chi connectivity index (χ0v) is 15.3. The molecule has 7 nitrogen and oxygen atoms in total. The minimum atomic E-state index is -0.828. The molecule has 0 aromatic rings. The maximum Gasteiger partial charge on any atom is 0.414 e. The fourth-order valence-corrected chi connectivity index (χ4v) is 1.95. The van der Waals surface area contributed by atoms with Crippen LogP contribution in [-0.4, -0.2) is 41.7 Å². The van der Waals surface area contributed by atoms with E-state index in [1.807, 2.05) is 6.92 Å². The Bertz CT molecular complexity index is 520. The van der Waals surface area contributed by atoms with Gasteiger partial charge in [-0.1, -0.05) is 13.8 Å². The van der Waals surface area contributed by atoms with Crippen molar-refractivity contribution >= 4 is 18.0 Å². The number of esters is 2. The summed E-state index contributed by atoms with van der Waals surface area (Å²) in [5.41, 5.74) is -0.666. The van der Waals surface area contributed by atoms with Gasteiger partial charge in [0, 0.05) is 12.7 Å². The molecule has 24 heavy (non-hydrogen) atoms. The minimum absolute atomic E-state index is 0.0247. The van der Waals surface area contributed by atoms with Crippen LogP contribution < -0.4 is 0 Å². The molecule has 0 aliphatic carbocycles. The van der Waals surface area contributed by atoms with E-state index < -0.39 is 29.6 Å². The van der Waals surface area contributed by atoms with Crippen LogP contribution in [0.2, 0.25) is 0 Å².